The molecule has 3 nitrogen and oxygen atoms in total. The number of thiazole rings is 1. The van der Waals surface area contributed by atoms with Crippen LogP contribution in [0.25, 0.3) is 4.96 Å². The van der Waals surface area contributed by atoms with Crippen LogP contribution in [0.15, 0.2) is 36.0 Å². The van der Waals surface area contributed by atoms with Crippen LogP contribution in [0.3, 0.4) is 0 Å². The number of nitrogens with zero attached hydrogens (tertiary/aromatic N) is 2. The van der Waals surface area contributed by atoms with Crippen molar-refractivity contribution in [3.63, 3.8) is 0 Å². The van der Waals surface area contributed by atoms with Gasteiger partial charge in [0.1, 0.15) is 5.82 Å². The van der Waals surface area contributed by atoms with Gasteiger partial charge in [-0.3, -0.25) is 4.40 Å². The third-order valence-electron chi connectivity index (χ3n) is 3.49. The number of hydrogen-bond donors (Lipinski definition) is 1. The largest absolute Gasteiger partial charge is 0.316 e. The molecule has 0 saturated carbocycles. The van der Waals surface area contributed by atoms with Crippen LogP contribution in [0.4, 0.5) is 4.39 Å². The Labute approximate surface area is 131 Å². The number of aromatic nitrogens is 2. The standard InChI is InChI=1S/C15H15ClFN3S/c1-18-12(6-10-2-3-11(17)7-14(10)16)8-13-9-20-4-5-21-15(20)19-13/h2-5,7,9,12,18H,6,8H2,1H3. The van der Waals surface area contributed by atoms with Gasteiger partial charge in [0.05, 0.1) is 5.69 Å². The molecule has 110 valence electrons. The highest BCUT2D eigenvalue weighted by atomic mass is 35.5. The lowest BCUT2D eigenvalue weighted by atomic mass is 10.0. The first kappa shape index (κ1) is 14.5. The van der Waals surface area contributed by atoms with E-state index in [1.54, 1.807) is 17.4 Å². The fourth-order valence-corrected chi connectivity index (χ4v) is 3.32. The third-order valence-corrected chi connectivity index (χ3v) is 4.61. The third kappa shape index (κ3) is 3.26. The van der Waals surface area contributed by atoms with Gasteiger partial charge in [0.15, 0.2) is 4.96 Å². The molecule has 0 radical (unpaired) electrons. The van der Waals surface area contributed by atoms with Crippen molar-refractivity contribution in [1.82, 2.24) is 14.7 Å². The monoisotopic (exact) mass is 323 g/mol. The summed E-state index contributed by atoms with van der Waals surface area (Å²) < 4.78 is 15.1. The zero-order chi connectivity index (χ0) is 14.8. The van der Waals surface area contributed by atoms with E-state index in [1.165, 1.54) is 12.1 Å². The molecule has 1 aromatic carbocycles. The molecule has 3 rings (SSSR count). The maximum atomic E-state index is 13.1. The van der Waals surface area contributed by atoms with Gasteiger partial charge in [-0.2, -0.15) is 0 Å². The van der Waals surface area contributed by atoms with E-state index < -0.39 is 0 Å². The van der Waals surface area contributed by atoms with E-state index in [1.807, 2.05) is 29.2 Å². The number of nitrogens with one attached hydrogen (secondary N) is 1. The molecule has 0 fully saturated rings. The van der Waals surface area contributed by atoms with Gasteiger partial charge in [-0.1, -0.05) is 17.7 Å². The molecule has 21 heavy (non-hydrogen) atoms. The second-order valence-electron chi connectivity index (χ2n) is 4.95. The van der Waals surface area contributed by atoms with Gasteiger partial charge >= 0.3 is 0 Å². The molecule has 1 N–H and O–H groups in total. The Kier molecular flexibility index (Phi) is 4.24. The van der Waals surface area contributed by atoms with Crippen molar-refractivity contribution in [2.45, 2.75) is 18.9 Å². The van der Waals surface area contributed by atoms with Gasteiger partial charge in [0.25, 0.3) is 0 Å². The molecule has 1 unspecified atom stereocenters. The topological polar surface area (TPSA) is 29.3 Å². The average Bonchev–Trinajstić information content (AvgIpc) is 3.01. The van der Waals surface area contributed by atoms with Crippen molar-refractivity contribution >= 4 is 27.9 Å². The first-order chi connectivity index (χ1) is 10.2. The Bertz CT molecular complexity index is 724. The van der Waals surface area contributed by atoms with Crippen LogP contribution in [0.2, 0.25) is 5.02 Å². The number of likely N-dealkylation sites (N-methyl/N-ethyl adjacent to an activating group) is 1. The lowest BCUT2D eigenvalue weighted by Crippen LogP contribution is -2.30. The van der Waals surface area contributed by atoms with Gasteiger partial charge in [0.2, 0.25) is 0 Å². The zero-order valence-corrected chi connectivity index (χ0v) is 13.1. The fourth-order valence-electron chi connectivity index (χ4n) is 2.36. The van der Waals surface area contributed by atoms with Gasteiger partial charge in [-0.05, 0) is 31.2 Å². The summed E-state index contributed by atoms with van der Waals surface area (Å²) in [6, 6.07) is 4.75. The highest BCUT2D eigenvalue weighted by Gasteiger charge is 2.13. The maximum Gasteiger partial charge on any atom is 0.193 e. The molecule has 0 aliphatic rings. The van der Waals surface area contributed by atoms with Crippen LogP contribution in [-0.2, 0) is 12.8 Å². The molecule has 2 aromatic heterocycles. The lowest BCUT2D eigenvalue weighted by molar-refractivity contribution is 0.550. The minimum absolute atomic E-state index is 0.206. The lowest BCUT2D eigenvalue weighted by Gasteiger charge is -2.16. The van der Waals surface area contributed by atoms with E-state index in [0.29, 0.717) is 5.02 Å². The van der Waals surface area contributed by atoms with Crippen LogP contribution in [0.5, 0.6) is 0 Å². The smallest absolute Gasteiger partial charge is 0.193 e. The van der Waals surface area contributed by atoms with E-state index in [0.717, 1.165) is 29.1 Å². The summed E-state index contributed by atoms with van der Waals surface area (Å²) in [5.74, 6) is -0.306. The van der Waals surface area contributed by atoms with Crippen molar-refractivity contribution in [2.75, 3.05) is 7.05 Å². The fraction of sp³-hybridized carbons (Fsp3) is 0.267. The first-order valence-electron chi connectivity index (χ1n) is 6.68. The van der Waals surface area contributed by atoms with E-state index in [-0.39, 0.29) is 11.9 Å². The molecule has 2 heterocycles. The summed E-state index contributed by atoms with van der Waals surface area (Å²) in [6.45, 7) is 0. The maximum absolute atomic E-state index is 13.1. The Balaban J connectivity index is 1.74. The predicted molar refractivity (Wildman–Crippen MR) is 84.7 cm³/mol. The van der Waals surface area contributed by atoms with Gasteiger partial charge in [-0.15, -0.1) is 11.3 Å². The van der Waals surface area contributed by atoms with Crippen molar-refractivity contribution < 1.29 is 4.39 Å². The molecule has 3 aromatic rings. The van der Waals surface area contributed by atoms with Gasteiger partial charge < -0.3 is 5.32 Å². The van der Waals surface area contributed by atoms with Crippen molar-refractivity contribution in [3.8, 4) is 0 Å². The molecule has 6 heteroatoms. The molecule has 0 amide bonds. The molecular weight excluding hydrogens is 309 g/mol. The molecule has 0 aliphatic carbocycles. The van der Waals surface area contributed by atoms with Crippen molar-refractivity contribution in [2.24, 2.45) is 0 Å². The van der Waals surface area contributed by atoms with Crippen LogP contribution < -0.4 is 5.32 Å². The van der Waals surface area contributed by atoms with E-state index in [9.17, 15) is 4.39 Å². The van der Waals surface area contributed by atoms with Crippen LogP contribution in [0.1, 0.15) is 11.3 Å². The molecule has 1 atom stereocenters. The van der Waals surface area contributed by atoms with Crippen LogP contribution in [-0.4, -0.2) is 22.5 Å². The van der Waals surface area contributed by atoms with Gasteiger partial charge in [-0.25, -0.2) is 9.37 Å². The Hall–Kier alpha value is -1.43. The number of halogens is 2. The van der Waals surface area contributed by atoms with Gasteiger partial charge in [0, 0.05) is 35.3 Å². The number of imidazole rings is 1. The number of fused-ring (bicyclic) bond motifs is 1. The second kappa shape index (κ2) is 6.13. The summed E-state index contributed by atoms with van der Waals surface area (Å²) in [4.78, 5) is 5.59. The van der Waals surface area contributed by atoms with Crippen molar-refractivity contribution in [1.29, 1.82) is 0 Å². The van der Waals surface area contributed by atoms with Crippen LogP contribution in [0, 0.1) is 5.82 Å². The summed E-state index contributed by atoms with van der Waals surface area (Å²) in [5.41, 5.74) is 1.98. The molecule has 0 spiro atoms. The van der Waals surface area contributed by atoms with E-state index in [4.69, 9.17) is 11.6 Å². The first-order valence-corrected chi connectivity index (χ1v) is 7.93. The normalized spacial score (nSPS) is 12.9. The van der Waals surface area contributed by atoms with Crippen molar-refractivity contribution in [3.05, 3.63) is 58.1 Å². The Morgan fingerprint density at radius 2 is 2.29 bits per heavy atom. The second-order valence-corrected chi connectivity index (χ2v) is 6.23. The number of rotatable bonds is 5. The van der Waals surface area contributed by atoms with E-state index in [2.05, 4.69) is 10.3 Å². The summed E-state index contributed by atoms with van der Waals surface area (Å²) in [7, 11) is 1.92. The summed E-state index contributed by atoms with van der Waals surface area (Å²) in [5, 5.41) is 5.77. The molecule has 0 aliphatic heterocycles. The van der Waals surface area contributed by atoms with E-state index >= 15 is 0 Å². The summed E-state index contributed by atoms with van der Waals surface area (Å²) in [6.07, 6.45) is 5.59. The Morgan fingerprint density at radius 3 is 3.00 bits per heavy atom. The SMILES string of the molecule is CNC(Cc1cn2ccsc2n1)Cc1ccc(F)cc1Cl. The zero-order valence-electron chi connectivity index (χ0n) is 11.5. The average molecular weight is 324 g/mol. The minimum atomic E-state index is -0.306. The quantitative estimate of drug-likeness (QED) is 0.778. The molecule has 0 saturated heterocycles. The molecule has 0 bridgehead atoms. The number of benzene rings is 1. The highest BCUT2D eigenvalue weighted by Crippen LogP contribution is 2.20. The highest BCUT2D eigenvalue weighted by molar-refractivity contribution is 7.15. The minimum Gasteiger partial charge on any atom is -0.316 e. The summed E-state index contributed by atoms with van der Waals surface area (Å²) >= 11 is 7.71. The predicted octanol–water partition coefficient (Wildman–Crippen LogP) is 3.56. The number of hydrogen-bond acceptors (Lipinski definition) is 3. The Morgan fingerprint density at radius 1 is 1.43 bits per heavy atom. The van der Waals surface area contributed by atoms with Crippen LogP contribution >= 0.6 is 22.9 Å². The molecular formula is C15H15ClFN3S.